The van der Waals surface area contributed by atoms with Crippen molar-refractivity contribution in [2.24, 2.45) is 0 Å². The molecule has 6 heteroatoms. The van der Waals surface area contributed by atoms with Crippen LogP contribution in [-0.2, 0) is 4.79 Å². The smallest absolute Gasteiger partial charge is 0.221 e. The van der Waals surface area contributed by atoms with Gasteiger partial charge in [0.1, 0.15) is 18.5 Å². The van der Waals surface area contributed by atoms with Gasteiger partial charge < -0.3 is 20.3 Å². The molecular formula is C12H20N2O4. The zero-order valence-electron chi connectivity index (χ0n) is 10.9. The standard InChI is InChI=1S/C10H14N2O4.C2H6/c1-7(14)12-8-2-10(4-11-3-8)16-6-9(15)5-13;1-2/h2-4,9,13,15H,5-6H2,1H3,(H,12,14);1-2H3. The molecule has 1 amide bonds. The average molecular weight is 256 g/mol. The Hall–Kier alpha value is -1.66. The second kappa shape index (κ2) is 9.38. The maximum atomic E-state index is 10.8. The van der Waals surface area contributed by atoms with Crippen LogP contribution in [0.15, 0.2) is 18.5 Å². The number of ether oxygens (including phenoxy) is 1. The zero-order chi connectivity index (χ0) is 14.0. The normalized spacial score (nSPS) is 10.9. The van der Waals surface area contributed by atoms with Crippen LogP contribution in [0.4, 0.5) is 5.69 Å². The Bertz CT molecular complexity index is 358. The number of nitrogens with zero attached hydrogens (tertiary/aromatic N) is 1. The van der Waals surface area contributed by atoms with Crippen molar-refractivity contribution in [2.75, 3.05) is 18.5 Å². The van der Waals surface area contributed by atoms with E-state index in [0.29, 0.717) is 11.4 Å². The Morgan fingerprint density at radius 2 is 2.17 bits per heavy atom. The molecule has 0 aliphatic heterocycles. The zero-order valence-corrected chi connectivity index (χ0v) is 10.9. The molecule has 0 fully saturated rings. The van der Waals surface area contributed by atoms with Crippen LogP contribution in [0.3, 0.4) is 0 Å². The van der Waals surface area contributed by atoms with Crippen molar-refractivity contribution in [1.82, 2.24) is 4.98 Å². The van der Waals surface area contributed by atoms with Gasteiger partial charge in [0.15, 0.2) is 0 Å². The van der Waals surface area contributed by atoms with Gasteiger partial charge in [0.25, 0.3) is 0 Å². The van der Waals surface area contributed by atoms with E-state index in [2.05, 4.69) is 10.3 Å². The van der Waals surface area contributed by atoms with Crippen molar-refractivity contribution >= 4 is 11.6 Å². The number of carbonyl (C=O) groups is 1. The molecule has 0 saturated heterocycles. The third kappa shape index (κ3) is 6.82. The molecule has 0 radical (unpaired) electrons. The molecule has 1 rings (SSSR count). The molecule has 1 atom stereocenters. The van der Waals surface area contributed by atoms with Crippen LogP contribution < -0.4 is 10.1 Å². The highest BCUT2D eigenvalue weighted by atomic mass is 16.5. The summed E-state index contributed by atoms with van der Waals surface area (Å²) in [6.45, 7) is 5.00. The number of rotatable bonds is 5. The van der Waals surface area contributed by atoms with Gasteiger partial charge >= 0.3 is 0 Å². The van der Waals surface area contributed by atoms with Crippen molar-refractivity contribution in [2.45, 2.75) is 26.9 Å². The van der Waals surface area contributed by atoms with Crippen LogP contribution in [0.1, 0.15) is 20.8 Å². The topological polar surface area (TPSA) is 91.7 Å². The third-order valence-electron chi connectivity index (χ3n) is 1.69. The molecule has 18 heavy (non-hydrogen) atoms. The van der Waals surface area contributed by atoms with Crippen LogP contribution in [0.2, 0.25) is 0 Å². The summed E-state index contributed by atoms with van der Waals surface area (Å²) in [4.78, 5) is 14.6. The number of nitrogens with one attached hydrogen (secondary N) is 1. The van der Waals surface area contributed by atoms with E-state index in [0.717, 1.165) is 0 Å². The van der Waals surface area contributed by atoms with Gasteiger partial charge in [-0.25, -0.2) is 0 Å². The maximum absolute atomic E-state index is 10.8. The quantitative estimate of drug-likeness (QED) is 0.724. The van der Waals surface area contributed by atoms with E-state index in [9.17, 15) is 4.79 Å². The molecule has 102 valence electrons. The summed E-state index contributed by atoms with van der Waals surface area (Å²) in [7, 11) is 0. The van der Waals surface area contributed by atoms with Crippen molar-refractivity contribution < 1.29 is 19.7 Å². The second-order valence-corrected chi connectivity index (χ2v) is 3.24. The largest absolute Gasteiger partial charge is 0.489 e. The fraction of sp³-hybridized carbons (Fsp3) is 0.500. The Labute approximate surface area is 107 Å². The lowest BCUT2D eigenvalue weighted by Gasteiger charge is -2.10. The first-order valence-corrected chi connectivity index (χ1v) is 5.76. The molecule has 0 spiro atoms. The number of hydrogen-bond donors (Lipinski definition) is 3. The molecule has 3 N–H and O–H groups in total. The van der Waals surface area contributed by atoms with Crippen LogP contribution >= 0.6 is 0 Å². The number of amides is 1. The molecule has 0 saturated carbocycles. The van der Waals surface area contributed by atoms with Crippen LogP contribution in [0.5, 0.6) is 5.75 Å². The highest BCUT2D eigenvalue weighted by Crippen LogP contribution is 2.15. The number of carbonyl (C=O) groups excluding carboxylic acids is 1. The van der Waals surface area contributed by atoms with Crippen LogP contribution in [0, 0.1) is 0 Å². The Balaban J connectivity index is 0.00000137. The van der Waals surface area contributed by atoms with Crippen molar-refractivity contribution in [3.05, 3.63) is 18.5 Å². The number of pyridine rings is 1. The van der Waals surface area contributed by atoms with Gasteiger partial charge in [-0.05, 0) is 0 Å². The van der Waals surface area contributed by atoms with Crippen LogP contribution in [0.25, 0.3) is 0 Å². The number of aliphatic hydroxyl groups excluding tert-OH is 2. The first-order valence-electron chi connectivity index (χ1n) is 5.76. The molecule has 0 aromatic carbocycles. The van der Waals surface area contributed by atoms with E-state index < -0.39 is 6.10 Å². The van der Waals surface area contributed by atoms with Gasteiger partial charge in [0, 0.05) is 13.0 Å². The van der Waals surface area contributed by atoms with E-state index in [1.165, 1.54) is 19.3 Å². The number of hydrogen-bond acceptors (Lipinski definition) is 5. The molecule has 6 nitrogen and oxygen atoms in total. The first-order chi connectivity index (χ1) is 8.61. The monoisotopic (exact) mass is 256 g/mol. The molecule has 1 unspecified atom stereocenters. The van der Waals surface area contributed by atoms with E-state index in [1.807, 2.05) is 13.8 Å². The lowest BCUT2D eigenvalue weighted by Crippen LogP contribution is -2.21. The van der Waals surface area contributed by atoms with Crippen molar-refractivity contribution in [3.8, 4) is 5.75 Å². The fourth-order valence-electron chi connectivity index (χ4n) is 1.01. The highest BCUT2D eigenvalue weighted by Gasteiger charge is 2.04. The summed E-state index contributed by atoms with van der Waals surface area (Å²) in [5.74, 6) is 0.216. The van der Waals surface area contributed by atoms with E-state index in [-0.39, 0.29) is 19.1 Å². The molecule has 0 bridgehead atoms. The molecule has 1 aromatic rings. The minimum atomic E-state index is -0.926. The summed E-state index contributed by atoms with van der Waals surface area (Å²) >= 11 is 0. The Morgan fingerprint density at radius 1 is 1.50 bits per heavy atom. The summed E-state index contributed by atoms with van der Waals surface area (Å²) in [6.07, 6.45) is 2.01. The van der Waals surface area contributed by atoms with Gasteiger partial charge in [0.05, 0.1) is 24.7 Å². The Morgan fingerprint density at radius 3 is 2.72 bits per heavy atom. The van der Waals surface area contributed by atoms with Crippen LogP contribution in [-0.4, -0.2) is 40.4 Å². The maximum Gasteiger partial charge on any atom is 0.221 e. The van der Waals surface area contributed by atoms with Gasteiger partial charge in [-0.2, -0.15) is 0 Å². The van der Waals surface area contributed by atoms with E-state index >= 15 is 0 Å². The molecule has 0 aliphatic carbocycles. The molecule has 1 heterocycles. The second-order valence-electron chi connectivity index (χ2n) is 3.24. The first kappa shape index (κ1) is 16.3. The van der Waals surface area contributed by atoms with E-state index in [1.54, 1.807) is 6.07 Å². The minimum absolute atomic E-state index is 0.0261. The summed E-state index contributed by atoms with van der Waals surface area (Å²) in [6, 6.07) is 1.58. The summed E-state index contributed by atoms with van der Waals surface area (Å²) < 4.78 is 5.16. The minimum Gasteiger partial charge on any atom is -0.489 e. The predicted octanol–water partition coefficient (Wildman–Crippen LogP) is 0.798. The van der Waals surface area contributed by atoms with Gasteiger partial charge in [-0.15, -0.1) is 0 Å². The average Bonchev–Trinajstić information content (AvgIpc) is 2.38. The summed E-state index contributed by atoms with van der Waals surface area (Å²) in [5.41, 5.74) is 0.517. The van der Waals surface area contributed by atoms with Gasteiger partial charge in [-0.3, -0.25) is 9.78 Å². The predicted molar refractivity (Wildman–Crippen MR) is 68.5 cm³/mol. The highest BCUT2D eigenvalue weighted by molar-refractivity contribution is 5.88. The fourth-order valence-corrected chi connectivity index (χ4v) is 1.01. The van der Waals surface area contributed by atoms with Crippen molar-refractivity contribution in [1.29, 1.82) is 0 Å². The third-order valence-corrected chi connectivity index (χ3v) is 1.69. The van der Waals surface area contributed by atoms with Gasteiger partial charge in [0.2, 0.25) is 5.91 Å². The number of anilines is 1. The molecule has 0 aliphatic rings. The number of aromatic nitrogens is 1. The molecule has 1 aromatic heterocycles. The lowest BCUT2D eigenvalue weighted by molar-refractivity contribution is -0.114. The van der Waals surface area contributed by atoms with Gasteiger partial charge in [-0.1, -0.05) is 13.8 Å². The SMILES string of the molecule is CC.CC(=O)Nc1cncc(OCC(O)CO)c1. The molecular weight excluding hydrogens is 236 g/mol. The lowest BCUT2D eigenvalue weighted by atomic mass is 10.4. The van der Waals surface area contributed by atoms with E-state index in [4.69, 9.17) is 14.9 Å². The number of aliphatic hydroxyl groups is 2. The van der Waals surface area contributed by atoms with Crippen molar-refractivity contribution in [3.63, 3.8) is 0 Å². The Kier molecular flexibility index (Phi) is 8.51. The summed E-state index contributed by atoms with van der Waals surface area (Å²) in [5, 5.41) is 20.2.